The van der Waals surface area contributed by atoms with Crippen molar-refractivity contribution in [1.29, 1.82) is 0 Å². The predicted molar refractivity (Wildman–Crippen MR) is 104 cm³/mol. The molecule has 2 aromatic rings. The number of likely N-dealkylation sites (tertiary alicyclic amines) is 1. The van der Waals surface area contributed by atoms with Crippen LogP contribution in [0.1, 0.15) is 41.8 Å². The van der Waals surface area contributed by atoms with Crippen LogP contribution in [0.15, 0.2) is 30.3 Å². The second-order valence-electron chi connectivity index (χ2n) is 7.61. The van der Waals surface area contributed by atoms with Crippen molar-refractivity contribution in [2.24, 2.45) is 18.7 Å². The molecule has 0 saturated carbocycles. The molecule has 1 fully saturated rings. The number of carbonyl (C=O) groups excluding carboxylic acids is 1. The highest BCUT2D eigenvalue weighted by atomic mass is 16.1. The van der Waals surface area contributed by atoms with Crippen LogP contribution in [-0.4, -0.2) is 33.7 Å². The Morgan fingerprint density at radius 3 is 2.42 bits per heavy atom. The van der Waals surface area contributed by atoms with Gasteiger partial charge in [-0.3, -0.25) is 14.4 Å². The Bertz CT molecular complexity index is 727. The summed E-state index contributed by atoms with van der Waals surface area (Å²) in [6, 6.07) is 10.9. The van der Waals surface area contributed by atoms with Gasteiger partial charge in [0.05, 0.1) is 11.4 Å². The molecule has 2 heterocycles. The first kappa shape index (κ1) is 18.6. The van der Waals surface area contributed by atoms with Crippen molar-refractivity contribution < 1.29 is 4.79 Å². The molecule has 1 saturated heterocycles. The van der Waals surface area contributed by atoms with Crippen LogP contribution >= 0.6 is 0 Å². The highest BCUT2D eigenvalue weighted by Gasteiger charge is 2.20. The highest BCUT2D eigenvalue weighted by molar-refractivity contribution is 5.73. The van der Waals surface area contributed by atoms with E-state index in [-0.39, 0.29) is 5.91 Å². The first-order valence-corrected chi connectivity index (χ1v) is 9.57. The molecule has 1 aromatic heterocycles. The van der Waals surface area contributed by atoms with Gasteiger partial charge < -0.3 is 5.73 Å². The van der Waals surface area contributed by atoms with Crippen molar-refractivity contribution in [1.82, 2.24) is 14.7 Å². The van der Waals surface area contributed by atoms with Gasteiger partial charge in [0.25, 0.3) is 0 Å². The maximum absolute atomic E-state index is 10.9. The SMILES string of the molecule is Cc1cc(CN2CCC(Cc3ccc(CCC(N)=O)cc3)CC2)n(C)n1. The van der Waals surface area contributed by atoms with Crippen LogP contribution < -0.4 is 5.73 Å². The van der Waals surface area contributed by atoms with E-state index in [2.05, 4.69) is 47.3 Å². The zero-order valence-electron chi connectivity index (χ0n) is 15.9. The average molecular weight is 354 g/mol. The number of carbonyl (C=O) groups is 1. The highest BCUT2D eigenvalue weighted by Crippen LogP contribution is 2.23. The second kappa shape index (κ2) is 8.49. The molecule has 2 N–H and O–H groups in total. The maximum atomic E-state index is 10.9. The van der Waals surface area contributed by atoms with Gasteiger partial charge in [0.1, 0.15) is 0 Å². The summed E-state index contributed by atoms with van der Waals surface area (Å²) < 4.78 is 2.00. The summed E-state index contributed by atoms with van der Waals surface area (Å²) in [5.74, 6) is 0.526. The van der Waals surface area contributed by atoms with Crippen molar-refractivity contribution in [3.05, 3.63) is 52.8 Å². The zero-order chi connectivity index (χ0) is 18.5. The third-order valence-electron chi connectivity index (χ3n) is 5.40. The summed E-state index contributed by atoms with van der Waals surface area (Å²) >= 11 is 0. The molecule has 0 spiro atoms. The van der Waals surface area contributed by atoms with Gasteiger partial charge in [-0.15, -0.1) is 0 Å². The number of aryl methyl sites for hydroxylation is 3. The van der Waals surface area contributed by atoms with Gasteiger partial charge in [-0.05, 0) is 68.8 Å². The number of nitrogens with zero attached hydrogens (tertiary/aromatic N) is 3. The molecule has 26 heavy (non-hydrogen) atoms. The number of aromatic nitrogens is 2. The normalized spacial score (nSPS) is 16.1. The molecule has 1 aromatic carbocycles. The van der Waals surface area contributed by atoms with E-state index in [0.29, 0.717) is 6.42 Å². The molecule has 5 heteroatoms. The molecule has 0 bridgehead atoms. The number of benzene rings is 1. The van der Waals surface area contributed by atoms with E-state index in [1.54, 1.807) is 0 Å². The quantitative estimate of drug-likeness (QED) is 0.831. The van der Waals surface area contributed by atoms with E-state index >= 15 is 0 Å². The van der Waals surface area contributed by atoms with E-state index in [0.717, 1.165) is 44.1 Å². The van der Waals surface area contributed by atoms with Crippen molar-refractivity contribution in [2.75, 3.05) is 13.1 Å². The summed E-state index contributed by atoms with van der Waals surface area (Å²) in [4.78, 5) is 13.4. The minimum Gasteiger partial charge on any atom is -0.370 e. The Hall–Kier alpha value is -2.14. The Morgan fingerprint density at radius 1 is 1.19 bits per heavy atom. The van der Waals surface area contributed by atoms with E-state index < -0.39 is 0 Å². The third-order valence-corrected chi connectivity index (χ3v) is 5.40. The van der Waals surface area contributed by atoms with E-state index in [9.17, 15) is 4.79 Å². The number of primary amides is 1. The fourth-order valence-electron chi connectivity index (χ4n) is 3.83. The van der Waals surface area contributed by atoms with Crippen LogP contribution in [0.4, 0.5) is 0 Å². The van der Waals surface area contributed by atoms with Gasteiger partial charge in [-0.25, -0.2) is 0 Å². The van der Waals surface area contributed by atoms with Crippen LogP contribution in [0.25, 0.3) is 0 Å². The number of hydrogen-bond donors (Lipinski definition) is 1. The van der Waals surface area contributed by atoms with Gasteiger partial charge in [0.2, 0.25) is 5.91 Å². The molecule has 5 nitrogen and oxygen atoms in total. The Morgan fingerprint density at radius 2 is 1.85 bits per heavy atom. The van der Waals surface area contributed by atoms with Crippen molar-refractivity contribution >= 4 is 5.91 Å². The van der Waals surface area contributed by atoms with Crippen molar-refractivity contribution in [2.45, 2.75) is 45.6 Å². The summed E-state index contributed by atoms with van der Waals surface area (Å²) in [6.07, 6.45) is 4.81. The van der Waals surface area contributed by atoms with Gasteiger partial charge in [-0.2, -0.15) is 5.10 Å². The average Bonchev–Trinajstić information content (AvgIpc) is 2.93. The van der Waals surface area contributed by atoms with E-state index in [1.807, 2.05) is 11.7 Å². The van der Waals surface area contributed by atoms with Crippen LogP contribution in [0.2, 0.25) is 0 Å². The molecular formula is C21H30N4O. The lowest BCUT2D eigenvalue weighted by molar-refractivity contribution is -0.117. The predicted octanol–water partition coefficient (Wildman–Crippen LogP) is 2.60. The van der Waals surface area contributed by atoms with Gasteiger partial charge in [0.15, 0.2) is 0 Å². The Labute approximate surface area is 156 Å². The minimum atomic E-state index is -0.234. The minimum absolute atomic E-state index is 0.234. The largest absolute Gasteiger partial charge is 0.370 e. The zero-order valence-corrected chi connectivity index (χ0v) is 15.9. The third kappa shape index (κ3) is 5.18. The molecule has 1 aliphatic rings. The summed E-state index contributed by atoms with van der Waals surface area (Å²) in [6.45, 7) is 5.37. The Balaban J connectivity index is 1.45. The number of rotatable bonds is 7. The number of piperidine rings is 1. The fourth-order valence-corrected chi connectivity index (χ4v) is 3.83. The summed E-state index contributed by atoms with van der Waals surface area (Å²) in [5.41, 5.74) is 10.2. The van der Waals surface area contributed by atoms with Crippen LogP contribution in [0.3, 0.4) is 0 Å². The first-order chi connectivity index (χ1) is 12.5. The lowest BCUT2D eigenvalue weighted by atomic mass is 9.89. The summed E-state index contributed by atoms with van der Waals surface area (Å²) in [7, 11) is 2.03. The van der Waals surface area contributed by atoms with Crippen LogP contribution in [-0.2, 0) is 31.2 Å². The van der Waals surface area contributed by atoms with Crippen molar-refractivity contribution in [3.8, 4) is 0 Å². The lowest BCUT2D eigenvalue weighted by Crippen LogP contribution is -2.34. The van der Waals surface area contributed by atoms with E-state index in [4.69, 9.17) is 5.73 Å². The lowest BCUT2D eigenvalue weighted by Gasteiger charge is -2.32. The van der Waals surface area contributed by atoms with Crippen LogP contribution in [0, 0.1) is 12.8 Å². The molecular weight excluding hydrogens is 324 g/mol. The van der Waals surface area contributed by atoms with Crippen LogP contribution in [0.5, 0.6) is 0 Å². The Kier molecular flexibility index (Phi) is 6.09. The molecule has 3 rings (SSSR count). The topological polar surface area (TPSA) is 64.2 Å². The summed E-state index contributed by atoms with van der Waals surface area (Å²) in [5, 5.41) is 4.44. The molecule has 0 unspecified atom stereocenters. The molecule has 0 atom stereocenters. The van der Waals surface area contributed by atoms with Crippen molar-refractivity contribution in [3.63, 3.8) is 0 Å². The molecule has 0 radical (unpaired) electrons. The number of amides is 1. The fraction of sp³-hybridized carbons (Fsp3) is 0.524. The molecule has 0 aliphatic carbocycles. The maximum Gasteiger partial charge on any atom is 0.217 e. The van der Waals surface area contributed by atoms with E-state index in [1.165, 1.54) is 29.7 Å². The standard InChI is InChI=1S/C21H30N4O/c1-16-13-20(24(2)23-16)15-25-11-9-19(10-12-25)14-18-5-3-17(4-6-18)7-8-21(22)26/h3-6,13,19H,7-12,14-15H2,1-2H3,(H2,22,26). The molecule has 1 amide bonds. The first-order valence-electron chi connectivity index (χ1n) is 9.57. The second-order valence-corrected chi connectivity index (χ2v) is 7.61. The number of nitrogens with two attached hydrogens (primary N) is 1. The molecule has 1 aliphatic heterocycles. The smallest absolute Gasteiger partial charge is 0.217 e. The van der Waals surface area contributed by atoms with Gasteiger partial charge in [-0.1, -0.05) is 24.3 Å². The monoisotopic (exact) mass is 354 g/mol. The number of hydrogen-bond acceptors (Lipinski definition) is 3. The van der Waals surface area contributed by atoms with Gasteiger partial charge >= 0.3 is 0 Å². The molecule has 140 valence electrons. The van der Waals surface area contributed by atoms with Gasteiger partial charge in [0, 0.05) is 20.0 Å².